The van der Waals surface area contributed by atoms with E-state index in [9.17, 15) is 23.2 Å². The summed E-state index contributed by atoms with van der Waals surface area (Å²) >= 11 is 1.49. The molecule has 2 amide bonds. The number of aryl methyl sites for hydroxylation is 1. The van der Waals surface area contributed by atoms with Crippen LogP contribution in [0.25, 0.3) is 10.6 Å². The third-order valence-corrected chi connectivity index (χ3v) is 5.08. The molecule has 29 heavy (non-hydrogen) atoms. The van der Waals surface area contributed by atoms with Gasteiger partial charge in [0.25, 0.3) is 5.89 Å². The molecule has 0 aromatic carbocycles. The summed E-state index contributed by atoms with van der Waals surface area (Å²) in [6.07, 6.45) is 0.326. The van der Waals surface area contributed by atoms with Crippen LogP contribution < -0.4 is 11.1 Å². The first-order valence-corrected chi connectivity index (χ1v) is 9.79. The standard InChI is InChI=1S/C19H22F2N3O4S/c1-3-12(24-16(26)7-9-19(20,21)8-6-15(22)25)17(27)18-23-10-13(28-18)14-5-4-11(2)29-14/h4-5,7,10,12H,3,6,8-9H2,1-2H3,(H2,22,25)(H,24,26)/t12-/m0/s1. The van der Waals surface area contributed by atoms with Crippen LogP contribution in [0.3, 0.4) is 0 Å². The molecule has 0 spiro atoms. The van der Waals surface area contributed by atoms with Crippen molar-refractivity contribution in [3.05, 3.63) is 35.5 Å². The van der Waals surface area contributed by atoms with Crippen molar-refractivity contribution >= 4 is 28.9 Å². The Morgan fingerprint density at radius 3 is 2.69 bits per heavy atom. The van der Waals surface area contributed by atoms with Crippen LogP contribution in [-0.2, 0) is 9.59 Å². The number of aromatic nitrogens is 1. The predicted molar refractivity (Wildman–Crippen MR) is 103 cm³/mol. The van der Waals surface area contributed by atoms with E-state index in [2.05, 4.69) is 10.3 Å². The lowest BCUT2D eigenvalue weighted by molar-refractivity contribution is -0.120. The number of alkyl halides is 2. The summed E-state index contributed by atoms with van der Waals surface area (Å²) in [5, 5.41) is 2.39. The largest absolute Gasteiger partial charge is 0.433 e. The molecule has 0 aliphatic heterocycles. The second-order valence-electron chi connectivity index (χ2n) is 6.50. The number of primary amides is 1. The Kier molecular flexibility index (Phi) is 7.60. The van der Waals surface area contributed by atoms with E-state index in [1.807, 2.05) is 19.1 Å². The minimum absolute atomic E-state index is 0.162. The van der Waals surface area contributed by atoms with Crippen LogP contribution >= 0.6 is 11.3 Å². The molecule has 0 saturated carbocycles. The molecule has 2 aromatic heterocycles. The fraction of sp³-hybridized carbons (Fsp3) is 0.421. The maximum absolute atomic E-state index is 13.6. The number of rotatable bonds is 11. The van der Waals surface area contributed by atoms with Gasteiger partial charge in [0, 0.05) is 24.1 Å². The number of thiophene rings is 1. The molecule has 0 unspecified atom stereocenters. The van der Waals surface area contributed by atoms with Crippen LogP contribution in [0.5, 0.6) is 0 Å². The Labute approximate surface area is 170 Å². The number of oxazole rings is 1. The minimum Gasteiger partial charge on any atom is -0.433 e. The number of nitrogens with two attached hydrogens (primary N) is 1. The van der Waals surface area contributed by atoms with Gasteiger partial charge in [-0.15, -0.1) is 11.3 Å². The highest BCUT2D eigenvalue weighted by Gasteiger charge is 2.31. The number of hydrogen-bond acceptors (Lipinski definition) is 6. The Hall–Kier alpha value is -2.62. The van der Waals surface area contributed by atoms with Crippen molar-refractivity contribution in [3.63, 3.8) is 0 Å². The van der Waals surface area contributed by atoms with Crippen molar-refractivity contribution in [3.8, 4) is 10.6 Å². The summed E-state index contributed by atoms with van der Waals surface area (Å²) < 4.78 is 32.8. The van der Waals surface area contributed by atoms with Gasteiger partial charge in [-0.1, -0.05) is 6.92 Å². The second-order valence-corrected chi connectivity index (χ2v) is 7.79. The van der Waals surface area contributed by atoms with Gasteiger partial charge in [-0.25, -0.2) is 13.8 Å². The zero-order chi connectivity index (χ0) is 21.6. The Morgan fingerprint density at radius 1 is 1.38 bits per heavy atom. The van der Waals surface area contributed by atoms with Gasteiger partial charge in [0.2, 0.25) is 23.5 Å². The zero-order valence-corrected chi connectivity index (χ0v) is 16.9. The van der Waals surface area contributed by atoms with Crippen molar-refractivity contribution in [1.82, 2.24) is 10.3 Å². The minimum atomic E-state index is -3.24. The molecule has 10 heteroatoms. The number of halogens is 2. The van der Waals surface area contributed by atoms with Crippen molar-refractivity contribution < 1.29 is 27.6 Å². The molecular weight excluding hydrogens is 404 g/mol. The number of nitrogens with one attached hydrogen (secondary N) is 1. The number of Topliss-reactive ketones (excluding diaryl/α,β-unsaturated/α-hetero) is 1. The van der Waals surface area contributed by atoms with E-state index in [0.717, 1.165) is 16.2 Å². The van der Waals surface area contributed by atoms with Crippen LogP contribution in [0, 0.1) is 13.3 Å². The monoisotopic (exact) mass is 426 g/mol. The summed E-state index contributed by atoms with van der Waals surface area (Å²) in [6.45, 7) is 3.60. The normalized spacial score (nSPS) is 12.6. The maximum Gasteiger partial charge on any atom is 0.265 e. The number of amides is 2. The lowest BCUT2D eigenvalue weighted by Gasteiger charge is -2.17. The summed E-state index contributed by atoms with van der Waals surface area (Å²) in [5.74, 6) is -5.17. The Bertz CT molecular complexity index is 878. The summed E-state index contributed by atoms with van der Waals surface area (Å²) in [5.41, 5.74) is 4.85. The molecule has 0 aliphatic rings. The average Bonchev–Trinajstić information content (AvgIpc) is 3.31. The lowest BCUT2D eigenvalue weighted by Crippen LogP contribution is -2.41. The SMILES string of the molecule is CC[C@H](NC(=O)[CH]CC(F)(F)CCC(N)=O)C(=O)c1ncc(-c2ccc(C)s2)o1. The van der Waals surface area contributed by atoms with Crippen LogP contribution in [0.1, 0.15) is 48.2 Å². The van der Waals surface area contributed by atoms with Gasteiger partial charge < -0.3 is 15.5 Å². The van der Waals surface area contributed by atoms with Crippen molar-refractivity contribution in [2.45, 2.75) is 51.5 Å². The number of carbonyl (C=O) groups excluding carboxylic acids is 3. The fourth-order valence-corrected chi connectivity index (χ4v) is 3.27. The lowest BCUT2D eigenvalue weighted by atomic mass is 10.1. The Balaban J connectivity index is 1.93. The molecule has 1 atom stereocenters. The highest BCUT2D eigenvalue weighted by Crippen LogP contribution is 2.28. The third-order valence-electron chi connectivity index (χ3n) is 4.06. The molecule has 1 radical (unpaired) electrons. The molecule has 2 aromatic rings. The van der Waals surface area contributed by atoms with Crippen LogP contribution in [0.2, 0.25) is 0 Å². The summed E-state index contributed by atoms with van der Waals surface area (Å²) in [7, 11) is 0. The van der Waals surface area contributed by atoms with E-state index in [4.69, 9.17) is 10.2 Å². The van der Waals surface area contributed by atoms with Gasteiger partial charge in [0.05, 0.1) is 23.5 Å². The smallest absolute Gasteiger partial charge is 0.265 e. The van der Waals surface area contributed by atoms with Crippen LogP contribution in [-0.4, -0.2) is 34.5 Å². The van der Waals surface area contributed by atoms with Crippen LogP contribution in [0.4, 0.5) is 8.78 Å². The molecule has 157 valence electrons. The Morgan fingerprint density at radius 2 is 2.10 bits per heavy atom. The van der Waals surface area contributed by atoms with Crippen molar-refractivity contribution in [2.75, 3.05) is 0 Å². The van der Waals surface area contributed by atoms with Gasteiger partial charge >= 0.3 is 0 Å². The first-order chi connectivity index (χ1) is 13.6. The predicted octanol–water partition coefficient (Wildman–Crippen LogP) is 3.28. The molecule has 7 nitrogen and oxygen atoms in total. The van der Waals surface area contributed by atoms with Crippen molar-refractivity contribution in [2.24, 2.45) is 5.73 Å². The third kappa shape index (κ3) is 6.74. The van der Waals surface area contributed by atoms with E-state index in [-0.39, 0.29) is 12.3 Å². The molecule has 2 rings (SSSR count). The van der Waals surface area contributed by atoms with E-state index >= 15 is 0 Å². The van der Waals surface area contributed by atoms with E-state index in [1.165, 1.54) is 17.5 Å². The highest BCUT2D eigenvalue weighted by atomic mass is 32.1. The molecule has 0 bridgehead atoms. The molecule has 2 heterocycles. The number of hydrogen-bond donors (Lipinski definition) is 2. The van der Waals surface area contributed by atoms with Gasteiger partial charge in [-0.05, 0) is 25.5 Å². The van der Waals surface area contributed by atoms with Crippen LogP contribution in [0.15, 0.2) is 22.7 Å². The molecule has 3 N–H and O–H groups in total. The number of ketones is 1. The van der Waals surface area contributed by atoms with Gasteiger partial charge in [-0.3, -0.25) is 14.4 Å². The number of carbonyl (C=O) groups is 3. The number of nitrogens with zero attached hydrogens (tertiary/aromatic N) is 1. The molecular formula is C19H22F2N3O4S. The topological polar surface area (TPSA) is 115 Å². The average molecular weight is 426 g/mol. The highest BCUT2D eigenvalue weighted by molar-refractivity contribution is 7.15. The van der Waals surface area contributed by atoms with Gasteiger partial charge in [0.1, 0.15) is 0 Å². The van der Waals surface area contributed by atoms with Gasteiger partial charge in [0.15, 0.2) is 5.76 Å². The summed E-state index contributed by atoms with van der Waals surface area (Å²) in [4.78, 5) is 41.0. The van der Waals surface area contributed by atoms with Gasteiger partial charge in [-0.2, -0.15) is 0 Å². The quantitative estimate of drug-likeness (QED) is 0.535. The van der Waals surface area contributed by atoms with E-state index in [0.29, 0.717) is 5.76 Å². The maximum atomic E-state index is 13.6. The first-order valence-electron chi connectivity index (χ1n) is 8.98. The second kappa shape index (κ2) is 9.73. The van der Waals surface area contributed by atoms with E-state index < -0.39 is 48.8 Å². The first kappa shape index (κ1) is 22.7. The summed E-state index contributed by atoms with van der Waals surface area (Å²) in [6, 6.07) is 2.80. The fourth-order valence-electron chi connectivity index (χ4n) is 2.45. The van der Waals surface area contributed by atoms with E-state index in [1.54, 1.807) is 6.92 Å². The molecule has 0 aliphatic carbocycles. The molecule has 0 saturated heterocycles. The zero-order valence-electron chi connectivity index (χ0n) is 16.0. The molecule has 0 fully saturated rings. The van der Waals surface area contributed by atoms with Crippen molar-refractivity contribution in [1.29, 1.82) is 0 Å².